The molecule has 2 unspecified atom stereocenters. The molecule has 1 aliphatic rings. The van der Waals surface area contributed by atoms with Crippen LogP contribution in [0.25, 0.3) is 0 Å². The van der Waals surface area contributed by atoms with Gasteiger partial charge in [-0.05, 0) is 32.6 Å². The maximum absolute atomic E-state index is 5.85. The third-order valence-electron chi connectivity index (χ3n) is 3.27. The zero-order chi connectivity index (χ0) is 12.3. The van der Waals surface area contributed by atoms with E-state index in [1.807, 2.05) is 26.2 Å². The van der Waals surface area contributed by atoms with Gasteiger partial charge >= 0.3 is 0 Å². The van der Waals surface area contributed by atoms with Crippen molar-refractivity contribution >= 4 is 0 Å². The molecule has 0 spiro atoms. The Morgan fingerprint density at radius 2 is 2.35 bits per heavy atom. The molecule has 0 aliphatic carbocycles. The van der Waals surface area contributed by atoms with Crippen LogP contribution in [0, 0.1) is 6.92 Å². The first-order valence-corrected chi connectivity index (χ1v) is 6.10. The van der Waals surface area contributed by atoms with Crippen LogP contribution in [0.4, 0.5) is 0 Å². The zero-order valence-electron chi connectivity index (χ0n) is 10.8. The number of morpholine rings is 1. The maximum atomic E-state index is 5.85. The molecule has 2 heterocycles. The van der Waals surface area contributed by atoms with Crippen LogP contribution in [0.2, 0.25) is 0 Å². The first kappa shape index (κ1) is 12.5. The van der Waals surface area contributed by atoms with Crippen LogP contribution in [0.5, 0.6) is 0 Å². The molecule has 0 saturated carbocycles. The number of aromatic nitrogens is 1. The number of ether oxygens (including phenoxy) is 1. The summed E-state index contributed by atoms with van der Waals surface area (Å²) >= 11 is 0. The van der Waals surface area contributed by atoms with Crippen LogP contribution in [0.1, 0.15) is 17.3 Å². The minimum atomic E-state index is 0.197. The lowest BCUT2D eigenvalue weighted by Crippen LogP contribution is -2.46. The highest BCUT2D eigenvalue weighted by molar-refractivity contribution is 5.18. The van der Waals surface area contributed by atoms with E-state index < -0.39 is 0 Å². The molecule has 0 aromatic carbocycles. The van der Waals surface area contributed by atoms with Gasteiger partial charge in [0, 0.05) is 25.0 Å². The fourth-order valence-corrected chi connectivity index (χ4v) is 2.24. The Morgan fingerprint density at radius 1 is 1.53 bits per heavy atom. The van der Waals surface area contributed by atoms with E-state index in [9.17, 15) is 0 Å². The molecule has 0 bridgehead atoms. The molecule has 0 radical (unpaired) electrons. The van der Waals surface area contributed by atoms with Gasteiger partial charge in [-0.1, -0.05) is 6.07 Å². The van der Waals surface area contributed by atoms with Gasteiger partial charge in [-0.15, -0.1) is 0 Å². The molecule has 1 aromatic heterocycles. The van der Waals surface area contributed by atoms with Gasteiger partial charge < -0.3 is 15.0 Å². The largest absolute Gasteiger partial charge is 0.374 e. The van der Waals surface area contributed by atoms with Crippen molar-refractivity contribution in [1.29, 1.82) is 0 Å². The van der Waals surface area contributed by atoms with Gasteiger partial charge in [0.1, 0.15) is 0 Å². The molecule has 4 heteroatoms. The molecule has 0 amide bonds. The number of likely N-dealkylation sites (N-methyl/N-ethyl adjacent to an activating group) is 2. The smallest absolute Gasteiger partial charge is 0.0897 e. The molecule has 1 aliphatic heterocycles. The van der Waals surface area contributed by atoms with Gasteiger partial charge in [0.25, 0.3) is 0 Å². The number of aryl methyl sites for hydroxylation is 1. The summed E-state index contributed by atoms with van der Waals surface area (Å²) in [7, 11) is 4.11. The van der Waals surface area contributed by atoms with Crippen LogP contribution >= 0.6 is 0 Å². The highest BCUT2D eigenvalue weighted by Crippen LogP contribution is 2.21. The normalized spacial score (nSPS) is 23.6. The summed E-state index contributed by atoms with van der Waals surface area (Å²) in [6.07, 6.45) is 2.14. The number of nitrogens with zero attached hydrogens (tertiary/aromatic N) is 2. The lowest BCUT2D eigenvalue weighted by molar-refractivity contribution is -0.0380. The average molecular weight is 235 g/mol. The summed E-state index contributed by atoms with van der Waals surface area (Å²) in [6.45, 7) is 4.78. The van der Waals surface area contributed by atoms with Crippen molar-refractivity contribution in [3.63, 3.8) is 0 Å². The zero-order valence-corrected chi connectivity index (χ0v) is 10.8. The molecule has 1 saturated heterocycles. The Balaban J connectivity index is 2.12. The minimum Gasteiger partial charge on any atom is -0.374 e. The second-order valence-corrected chi connectivity index (χ2v) is 4.67. The summed E-state index contributed by atoms with van der Waals surface area (Å²) in [5.74, 6) is 0. The van der Waals surface area contributed by atoms with E-state index in [-0.39, 0.29) is 12.1 Å². The second kappa shape index (κ2) is 5.58. The first-order chi connectivity index (χ1) is 8.20. The van der Waals surface area contributed by atoms with Crippen molar-refractivity contribution in [3.8, 4) is 0 Å². The monoisotopic (exact) mass is 235 g/mol. The van der Waals surface area contributed by atoms with E-state index in [2.05, 4.69) is 28.3 Å². The van der Waals surface area contributed by atoms with Gasteiger partial charge in [-0.2, -0.15) is 0 Å². The second-order valence-electron chi connectivity index (χ2n) is 4.67. The van der Waals surface area contributed by atoms with E-state index in [0.717, 1.165) is 25.4 Å². The fourth-order valence-electron chi connectivity index (χ4n) is 2.24. The number of hydrogen-bond acceptors (Lipinski definition) is 4. The molecule has 1 aromatic rings. The lowest BCUT2D eigenvalue weighted by Gasteiger charge is -2.35. The molecular formula is C13H21N3O. The third-order valence-corrected chi connectivity index (χ3v) is 3.27. The van der Waals surface area contributed by atoms with Gasteiger partial charge in [0.05, 0.1) is 18.8 Å². The van der Waals surface area contributed by atoms with Crippen LogP contribution in [0.3, 0.4) is 0 Å². The highest BCUT2D eigenvalue weighted by atomic mass is 16.5. The summed E-state index contributed by atoms with van der Waals surface area (Å²) in [5, 5.41) is 3.34. The molecule has 2 rings (SSSR count). The van der Waals surface area contributed by atoms with Gasteiger partial charge in [0.2, 0.25) is 0 Å². The molecule has 94 valence electrons. The van der Waals surface area contributed by atoms with E-state index >= 15 is 0 Å². The Hall–Kier alpha value is -0.970. The predicted molar refractivity (Wildman–Crippen MR) is 68.0 cm³/mol. The van der Waals surface area contributed by atoms with Gasteiger partial charge in [-0.25, -0.2) is 0 Å². The van der Waals surface area contributed by atoms with Gasteiger partial charge in [-0.3, -0.25) is 4.98 Å². The van der Waals surface area contributed by atoms with E-state index in [1.165, 1.54) is 5.56 Å². The molecule has 17 heavy (non-hydrogen) atoms. The van der Waals surface area contributed by atoms with Crippen molar-refractivity contribution in [2.45, 2.75) is 19.1 Å². The van der Waals surface area contributed by atoms with Crippen LogP contribution in [-0.4, -0.2) is 49.8 Å². The Bertz CT molecular complexity index is 352. The number of pyridine rings is 1. The number of nitrogens with one attached hydrogen (secondary N) is 1. The summed E-state index contributed by atoms with van der Waals surface area (Å²) in [5.41, 5.74) is 2.24. The SMILES string of the molecule is CNC(c1ccc(C)nc1)C1CN(C)CCO1. The quantitative estimate of drug-likeness (QED) is 0.847. The summed E-state index contributed by atoms with van der Waals surface area (Å²) in [6, 6.07) is 4.39. The van der Waals surface area contributed by atoms with Crippen LogP contribution in [-0.2, 0) is 4.74 Å². The minimum absolute atomic E-state index is 0.197. The fraction of sp³-hybridized carbons (Fsp3) is 0.615. The maximum Gasteiger partial charge on any atom is 0.0897 e. The Morgan fingerprint density at radius 3 is 2.94 bits per heavy atom. The number of hydrogen-bond donors (Lipinski definition) is 1. The summed E-state index contributed by atoms with van der Waals surface area (Å²) in [4.78, 5) is 6.66. The third kappa shape index (κ3) is 3.03. The van der Waals surface area contributed by atoms with Crippen molar-refractivity contribution in [1.82, 2.24) is 15.2 Å². The number of rotatable bonds is 3. The van der Waals surface area contributed by atoms with Crippen molar-refractivity contribution in [2.24, 2.45) is 0 Å². The molecule has 1 N–H and O–H groups in total. The van der Waals surface area contributed by atoms with Gasteiger partial charge in [0.15, 0.2) is 0 Å². The molecule has 2 atom stereocenters. The Kier molecular flexibility index (Phi) is 4.10. The molecule has 1 fully saturated rings. The topological polar surface area (TPSA) is 37.4 Å². The lowest BCUT2D eigenvalue weighted by atomic mass is 10.0. The van der Waals surface area contributed by atoms with Crippen molar-refractivity contribution in [2.75, 3.05) is 33.8 Å². The summed E-state index contributed by atoms with van der Waals surface area (Å²) < 4.78 is 5.85. The van der Waals surface area contributed by atoms with E-state index in [4.69, 9.17) is 4.74 Å². The van der Waals surface area contributed by atoms with E-state index in [1.54, 1.807) is 0 Å². The van der Waals surface area contributed by atoms with Crippen LogP contribution in [0.15, 0.2) is 18.3 Å². The van der Waals surface area contributed by atoms with Crippen molar-refractivity contribution < 1.29 is 4.74 Å². The average Bonchev–Trinajstić information content (AvgIpc) is 2.33. The predicted octanol–water partition coefficient (Wildman–Crippen LogP) is 0.981. The Labute approximate surface area is 103 Å². The van der Waals surface area contributed by atoms with E-state index in [0.29, 0.717) is 0 Å². The standard InChI is InChI=1S/C13H21N3O/c1-10-4-5-11(8-15-10)13(14-2)12-9-16(3)6-7-17-12/h4-5,8,12-14H,6-7,9H2,1-3H3. The highest BCUT2D eigenvalue weighted by Gasteiger charge is 2.26. The van der Waals surface area contributed by atoms with Crippen LogP contribution < -0.4 is 5.32 Å². The first-order valence-electron chi connectivity index (χ1n) is 6.10. The van der Waals surface area contributed by atoms with Crippen molar-refractivity contribution in [3.05, 3.63) is 29.6 Å². The molecule has 4 nitrogen and oxygen atoms in total. The molecular weight excluding hydrogens is 214 g/mol.